The standard InChI is InChI=1S/C17H19F2N3S/c1-3-22(4-2)14-8-6-13(7-9-14)20-17(23)21-16-10-5-12(18)11-15(16)19/h5-11H,3-4H2,1-2H3,(H2,20,21,23). The summed E-state index contributed by atoms with van der Waals surface area (Å²) in [7, 11) is 0. The Balaban J connectivity index is 2.00. The Morgan fingerprint density at radius 2 is 1.65 bits per heavy atom. The van der Waals surface area contributed by atoms with Crippen molar-refractivity contribution in [3.63, 3.8) is 0 Å². The van der Waals surface area contributed by atoms with E-state index >= 15 is 0 Å². The van der Waals surface area contributed by atoms with E-state index in [-0.39, 0.29) is 10.8 Å². The zero-order valence-electron chi connectivity index (χ0n) is 13.1. The zero-order valence-corrected chi connectivity index (χ0v) is 13.9. The summed E-state index contributed by atoms with van der Waals surface area (Å²) in [4.78, 5) is 2.23. The van der Waals surface area contributed by atoms with E-state index in [2.05, 4.69) is 29.4 Å². The van der Waals surface area contributed by atoms with Crippen LogP contribution in [-0.4, -0.2) is 18.2 Å². The third-order valence-corrected chi connectivity index (χ3v) is 3.64. The number of anilines is 3. The van der Waals surface area contributed by atoms with Crippen LogP contribution in [0.4, 0.5) is 25.8 Å². The van der Waals surface area contributed by atoms with Gasteiger partial charge < -0.3 is 15.5 Å². The van der Waals surface area contributed by atoms with Crippen LogP contribution in [0.15, 0.2) is 42.5 Å². The molecule has 3 nitrogen and oxygen atoms in total. The summed E-state index contributed by atoms with van der Waals surface area (Å²) < 4.78 is 26.4. The molecule has 0 aliphatic carbocycles. The van der Waals surface area contributed by atoms with Gasteiger partial charge in [-0.1, -0.05) is 0 Å². The van der Waals surface area contributed by atoms with Gasteiger partial charge in [0.1, 0.15) is 11.6 Å². The van der Waals surface area contributed by atoms with Crippen LogP contribution in [0.3, 0.4) is 0 Å². The molecule has 2 N–H and O–H groups in total. The van der Waals surface area contributed by atoms with Crippen molar-refractivity contribution in [3.8, 4) is 0 Å². The van der Waals surface area contributed by atoms with Crippen LogP contribution < -0.4 is 15.5 Å². The van der Waals surface area contributed by atoms with E-state index in [1.54, 1.807) is 0 Å². The molecule has 0 radical (unpaired) electrons. The Morgan fingerprint density at radius 3 is 2.22 bits per heavy atom. The number of hydrogen-bond acceptors (Lipinski definition) is 2. The quantitative estimate of drug-likeness (QED) is 0.780. The van der Waals surface area contributed by atoms with Gasteiger partial charge in [-0.3, -0.25) is 0 Å². The molecule has 122 valence electrons. The van der Waals surface area contributed by atoms with Gasteiger partial charge in [-0.25, -0.2) is 8.78 Å². The highest BCUT2D eigenvalue weighted by Gasteiger charge is 2.06. The van der Waals surface area contributed by atoms with E-state index in [0.717, 1.165) is 30.5 Å². The van der Waals surface area contributed by atoms with Gasteiger partial charge >= 0.3 is 0 Å². The predicted octanol–water partition coefficient (Wildman–Crippen LogP) is 4.62. The maximum absolute atomic E-state index is 13.6. The summed E-state index contributed by atoms with van der Waals surface area (Å²) in [5.41, 5.74) is 2.05. The molecule has 2 aromatic rings. The topological polar surface area (TPSA) is 27.3 Å². The van der Waals surface area contributed by atoms with Gasteiger partial charge in [-0.05, 0) is 62.5 Å². The van der Waals surface area contributed by atoms with Crippen molar-refractivity contribution in [3.05, 3.63) is 54.1 Å². The molecule has 0 heterocycles. The molecule has 0 fully saturated rings. The van der Waals surface area contributed by atoms with Gasteiger partial charge in [0.2, 0.25) is 0 Å². The maximum atomic E-state index is 13.6. The first-order valence-corrected chi connectivity index (χ1v) is 7.82. The van der Waals surface area contributed by atoms with Crippen LogP contribution in [0.25, 0.3) is 0 Å². The molecule has 0 atom stereocenters. The zero-order chi connectivity index (χ0) is 16.8. The molecule has 0 aliphatic rings. The Kier molecular flexibility index (Phi) is 5.87. The molecule has 0 spiro atoms. The minimum Gasteiger partial charge on any atom is -0.372 e. The molecule has 2 rings (SSSR count). The van der Waals surface area contributed by atoms with Crippen molar-refractivity contribution in [1.82, 2.24) is 0 Å². The summed E-state index contributed by atoms with van der Waals surface area (Å²) in [6.07, 6.45) is 0. The molecule has 23 heavy (non-hydrogen) atoms. The highest BCUT2D eigenvalue weighted by molar-refractivity contribution is 7.80. The number of benzene rings is 2. The summed E-state index contributed by atoms with van der Waals surface area (Å²) in [5.74, 6) is -1.31. The summed E-state index contributed by atoms with van der Waals surface area (Å²) >= 11 is 5.15. The van der Waals surface area contributed by atoms with E-state index in [9.17, 15) is 8.78 Å². The van der Waals surface area contributed by atoms with E-state index in [1.807, 2.05) is 24.3 Å². The Hall–Kier alpha value is -2.21. The fourth-order valence-corrected chi connectivity index (χ4v) is 2.45. The second kappa shape index (κ2) is 7.87. The molecular formula is C17H19F2N3S. The molecule has 2 aromatic carbocycles. The average molecular weight is 335 g/mol. The number of halogens is 2. The van der Waals surface area contributed by atoms with Gasteiger partial charge in [0, 0.05) is 30.5 Å². The van der Waals surface area contributed by atoms with Crippen LogP contribution in [0.5, 0.6) is 0 Å². The lowest BCUT2D eigenvalue weighted by atomic mass is 10.2. The lowest BCUT2D eigenvalue weighted by Crippen LogP contribution is -2.22. The normalized spacial score (nSPS) is 10.3. The van der Waals surface area contributed by atoms with E-state index in [0.29, 0.717) is 0 Å². The van der Waals surface area contributed by atoms with Crippen LogP contribution in [0, 0.1) is 11.6 Å². The van der Waals surface area contributed by atoms with Crippen molar-refractivity contribution in [1.29, 1.82) is 0 Å². The SMILES string of the molecule is CCN(CC)c1ccc(NC(=S)Nc2ccc(F)cc2F)cc1. The molecule has 0 saturated heterocycles. The van der Waals surface area contributed by atoms with Crippen LogP contribution in [0.1, 0.15) is 13.8 Å². The van der Waals surface area contributed by atoms with Crippen LogP contribution in [-0.2, 0) is 0 Å². The highest BCUT2D eigenvalue weighted by Crippen LogP contribution is 2.19. The van der Waals surface area contributed by atoms with Crippen molar-refractivity contribution in [2.75, 3.05) is 28.6 Å². The highest BCUT2D eigenvalue weighted by atomic mass is 32.1. The third-order valence-electron chi connectivity index (χ3n) is 3.43. The van der Waals surface area contributed by atoms with Gasteiger partial charge in [0.05, 0.1) is 5.69 Å². The van der Waals surface area contributed by atoms with E-state index in [1.165, 1.54) is 12.1 Å². The summed E-state index contributed by atoms with van der Waals surface area (Å²) in [6.45, 7) is 6.08. The molecule has 0 amide bonds. The van der Waals surface area contributed by atoms with Crippen molar-refractivity contribution in [2.24, 2.45) is 0 Å². The smallest absolute Gasteiger partial charge is 0.175 e. The minimum atomic E-state index is -0.689. The van der Waals surface area contributed by atoms with Gasteiger partial charge in [-0.2, -0.15) is 0 Å². The van der Waals surface area contributed by atoms with Crippen molar-refractivity contribution >= 4 is 34.4 Å². The third kappa shape index (κ3) is 4.63. The van der Waals surface area contributed by atoms with Gasteiger partial charge in [-0.15, -0.1) is 0 Å². The Morgan fingerprint density at radius 1 is 1.00 bits per heavy atom. The number of nitrogens with one attached hydrogen (secondary N) is 2. The van der Waals surface area contributed by atoms with Crippen LogP contribution >= 0.6 is 12.2 Å². The lowest BCUT2D eigenvalue weighted by molar-refractivity contribution is 0.586. The first-order chi connectivity index (χ1) is 11.0. The second-order valence-corrected chi connectivity index (χ2v) is 5.33. The molecule has 0 bridgehead atoms. The molecule has 0 unspecified atom stereocenters. The molecule has 0 aromatic heterocycles. The lowest BCUT2D eigenvalue weighted by Gasteiger charge is -2.21. The first kappa shape index (κ1) is 17.1. The predicted molar refractivity (Wildman–Crippen MR) is 96.2 cm³/mol. The number of rotatable bonds is 5. The van der Waals surface area contributed by atoms with Crippen LogP contribution in [0.2, 0.25) is 0 Å². The fraction of sp³-hybridized carbons (Fsp3) is 0.235. The molecule has 0 aliphatic heterocycles. The maximum Gasteiger partial charge on any atom is 0.175 e. The average Bonchev–Trinajstić information content (AvgIpc) is 2.53. The van der Waals surface area contributed by atoms with E-state index in [4.69, 9.17) is 12.2 Å². The minimum absolute atomic E-state index is 0.128. The number of nitrogens with zero attached hydrogens (tertiary/aromatic N) is 1. The first-order valence-electron chi connectivity index (χ1n) is 7.41. The monoisotopic (exact) mass is 335 g/mol. The van der Waals surface area contributed by atoms with Gasteiger partial charge in [0.15, 0.2) is 5.11 Å². The van der Waals surface area contributed by atoms with E-state index < -0.39 is 11.6 Å². The molecular weight excluding hydrogens is 316 g/mol. The van der Waals surface area contributed by atoms with Gasteiger partial charge in [0.25, 0.3) is 0 Å². The largest absolute Gasteiger partial charge is 0.372 e. The second-order valence-electron chi connectivity index (χ2n) is 4.92. The molecule has 0 saturated carbocycles. The number of thiocarbonyl (C=S) groups is 1. The molecule has 6 heteroatoms. The summed E-state index contributed by atoms with van der Waals surface area (Å²) in [5, 5.41) is 5.93. The Bertz CT molecular complexity index is 670. The van der Waals surface area contributed by atoms with Crippen molar-refractivity contribution < 1.29 is 8.78 Å². The summed E-state index contributed by atoms with van der Waals surface area (Å²) in [6, 6.07) is 11.1. The van der Waals surface area contributed by atoms with Crippen molar-refractivity contribution in [2.45, 2.75) is 13.8 Å². The fourth-order valence-electron chi connectivity index (χ4n) is 2.22. The number of hydrogen-bond donors (Lipinski definition) is 2. The Labute approximate surface area is 140 Å².